The van der Waals surface area contributed by atoms with Gasteiger partial charge in [-0.25, -0.2) is 0 Å². The highest BCUT2D eigenvalue weighted by Gasteiger charge is 2.24. The van der Waals surface area contributed by atoms with E-state index in [-0.39, 0.29) is 18.1 Å². The van der Waals surface area contributed by atoms with Gasteiger partial charge in [0.2, 0.25) is 0 Å². The molecule has 0 N–H and O–H groups in total. The third-order valence-electron chi connectivity index (χ3n) is 2.42. The Bertz CT molecular complexity index is 417. The maximum Gasteiger partial charge on any atom is 0.313 e. The first-order valence-electron chi connectivity index (χ1n) is 5.58. The van der Waals surface area contributed by atoms with E-state index in [0.29, 0.717) is 6.61 Å². The molecule has 1 aromatic carbocycles. The van der Waals surface area contributed by atoms with Crippen LogP contribution in [-0.4, -0.2) is 24.2 Å². The maximum absolute atomic E-state index is 11.9. The van der Waals surface area contributed by atoms with E-state index in [1.807, 2.05) is 12.1 Å². The van der Waals surface area contributed by atoms with Crippen molar-refractivity contribution in [2.45, 2.75) is 19.3 Å². The van der Waals surface area contributed by atoms with Crippen molar-refractivity contribution in [1.82, 2.24) is 0 Å². The Labute approximate surface area is 120 Å². The molecule has 0 spiro atoms. The SMILES string of the molecule is CCOC(=O)C(CC(=O)CCl)c1ccc(Br)cc1. The second kappa shape index (κ2) is 7.54. The second-order valence-corrected chi connectivity index (χ2v) is 4.92. The lowest BCUT2D eigenvalue weighted by atomic mass is 9.94. The fraction of sp³-hybridized carbons (Fsp3) is 0.385. The van der Waals surface area contributed by atoms with Crippen LogP contribution in [0.2, 0.25) is 0 Å². The van der Waals surface area contributed by atoms with Crippen molar-refractivity contribution in [3.63, 3.8) is 0 Å². The summed E-state index contributed by atoms with van der Waals surface area (Å²) in [5.74, 6) is -1.23. The van der Waals surface area contributed by atoms with E-state index in [0.717, 1.165) is 10.0 Å². The molecular formula is C13H14BrClO3. The summed E-state index contributed by atoms with van der Waals surface area (Å²) in [7, 11) is 0. The van der Waals surface area contributed by atoms with Gasteiger partial charge in [0.25, 0.3) is 0 Å². The number of ether oxygens (including phenoxy) is 1. The van der Waals surface area contributed by atoms with Crippen LogP contribution in [0.5, 0.6) is 0 Å². The smallest absolute Gasteiger partial charge is 0.313 e. The predicted octanol–water partition coefficient (Wildman–Crippen LogP) is 3.29. The summed E-state index contributed by atoms with van der Waals surface area (Å²) in [4.78, 5) is 23.3. The van der Waals surface area contributed by atoms with E-state index in [2.05, 4.69) is 15.9 Å². The van der Waals surface area contributed by atoms with E-state index >= 15 is 0 Å². The molecule has 0 saturated heterocycles. The summed E-state index contributed by atoms with van der Waals surface area (Å²) in [6.07, 6.45) is 0.0734. The Morgan fingerprint density at radius 2 is 1.94 bits per heavy atom. The molecule has 1 atom stereocenters. The Balaban J connectivity index is 2.92. The zero-order valence-electron chi connectivity index (χ0n) is 9.99. The van der Waals surface area contributed by atoms with Crippen molar-refractivity contribution in [3.05, 3.63) is 34.3 Å². The zero-order chi connectivity index (χ0) is 13.5. The van der Waals surface area contributed by atoms with Gasteiger partial charge in [0.05, 0.1) is 18.4 Å². The first kappa shape index (κ1) is 15.2. The number of esters is 1. The molecule has 0 radical (unpaired) electrons. The molecule has 1 unspecified atom stereocenters. The lowest BCUT2D eigenvalue weighted by Gasteiger charge is -2.14. The molecule has 0 bridgehead atoms. The molecule has 1 aromatic rings. The van der Waals surface area contributed by atoms with E-state index in [1.165, 1.54) is 0 Å². The molecule has 18 heavy (non-hydrogen) atoms. The number of alkyl halides is 1. The number of benzene rings is 1. The highest BCUT2D eigenvalue weighted by molar-refractivity contribution is 9.10. The second-order valence-electron chi connectivity index (χ2n) is 3.73. The van der Waals surface area contributed by atoms with Crippen LogP contribution >= 0.6 is 27.5 Å². The molecule has 0 fully saturated rings. The summed E-state index contributed by atoms with van der Waals surface area (Å²) in [5.41, 5.74) is 0.759. The van der Waals surface area contributed by atoms with Crippen molar-refractivity contribution in [3.8, 4) is 0 Å². The van der Waals surface area contributed by atoms with Gasteiger partial charge in [-0.1, -0.05) is 28.1 Å². The number of carbonyl (C=O) groups is 2. The normalized spacial score (nSPS) is 11.9. The molecule has 0 aliphatic rings. The van der Waals surface area contributed by atoms with Gasteiger partial charge in [0.1, 0.15) is 5.78 Å². The van der Waals surface area contributed by atoms with Gasteiger partial charge < -0.3 is 4.74 Å². The maximum atomic E-state index is 11.9. The number of rotatable bonds is 6. The van der Waals surface area contributed by atoms with Gasteiger partial charge in [-0.3, -0.25) is 9.59 Å². The van der Waals surface area contributed by atoms with Crippen molar-refractivity contribution < 1.29 is 14.3 Å². The third-order valence-corrected chi connectivity index (χ3v) is 3.25. The topological polar surface area (TPSA) is 43.4 Å². The van der Waals surface area contributed by atoms with Gasteiger partial charge >= 0.3 is 5.97 Å². The monoisotopic (exact) mass is 332 g/mol. The van der Waals surface area contributed by atoms with Crippen LogP contribution in [-0.2, 0) is 14.3 Å². The number of hydrogen-bond donors (Lipinski definition) is 0. The minimum absolute atomic E-state index is 0.0734. The van der Waals surface area contributed by atoms with Crippen LogP contribution in [0.1, 0.15) is 24.8 Å². The third kappa shape index (κ3) is 4.42. The van der Waals surface area contributed by atoms with Gasteiger partial charge in [0.15, 0.2) is 0 Å². The van der Waals surface area contributed by atoms with Crippen LogP contribution in [0, 0.1) is 0 Å². The standard InChI is InChI=1S/C13H14BrClO3/c1-2-18-13(17)12(7-11(16)8-15)9-3-5-10(14)6-4-9/h3-6,12H,2,7-8H2,1H3. The molecular weight excluding hydrogens is 319 g/mol. The lowest BCUT2D eigenvalue weighted by Crippen LogP contribution is -2.20. The fourth-order valence-electron chi connectivity index (χ4n) is 1.56. The summed E-state index contributed by atoms with van der Waals surface area (Å²) in [5, 5.41) is 0. The molecule has 0 aliphatic heterocycles. The molecule has 0 heterocycles. The van der Waals surface area contributed by atoms with Crippen LogP contribution in [0.4, 0.5) is 0 Å². The van der Waals surface area contributed by atoms with Gasteiger partial charge in [-0.2, -0.15) is 0 Å². The average molecular weight is 334 g/mol. The van der Waals surface area contributed by atoms with Crippen LogP contribution in [0.25, 0.3) is 0 Å². The average Bonchev–Trinajstić information content (AvgIpc) is 2.37. The molecule has 3 nitrogen and oxygen atoms in total. The van der Waals surface area contributed by atoms with E-state index in [9.17, 15) is 9.59 Å². The van der Waals surface area contributed by atoms with E-state index in [4.69, 9.17) is 16.3 Å². The van der Waals surface area contributed by atoms with Crippen molar-refractivity contribution in [2.75, 3.05) is 12.5 Å². The van der Waals surface area contributed by atoms with Gasteiger partial charge in [-0.05, 0) is 24.6 Å². The predicted molar refractivity (Wildman–Crippen MR) is 73.9 cm³/mol. The summed E-state index contributed by atoms with van der Waals surface area (Å²) < 4.78 is 5.90. The summed E-state index contributed by atoms with van der Waals surface area (Å²) in [6, 6.07) is 7.25. The Hall–Kier alpha value is -0.870. The molecule has 0 aromatic heterocycles. The first-order valence-corrected chi connectivity index (χ1v) is 6.91. The highest BCUT2D eigenvalue weighted by atomic mass is 79.9. The molecule has 0 aliphatic carbocycles. The number of hydrogen-bond acceptors (Lipinski definition) is 3. The number of ketones is 1. The highest BCUT2D eigenvalue weighted by Crippen LogP contribution is 2.24. The summed E-state index contributed by atoms with van der Waals surface area (Å²) >= 11 is 8.80. The number of carbonyl (C=O) groups excluding carboxylic acids is 2. The molecule has 98 valence electrons. The summed E-state index contributed by atoms with van der Waals surface area (Å²) in [6.45, 7) is 2.03. The first-order chi connectivity index (χ1) is 8.58. The van der Waals surface area contributed by atoms with Crippen LogP contribution in [0.15, 0.2) is 28.7 Å². The number of halogens is 2. The Kier molecular flexibility index (Phi) is 6.36. The van der Waals surface area contributed by atoms with Gasteiger partial charge in [-0.15, -0.1) is 11.6 Å². The molecule has 5 heteroatoms. The van der Waals surface area contributed by atoms with Gasteiger partial charge in [0, 0.05) is 10.9 Å². The Morgan fingerprint density at radius 1 is 1.33 bits per heavy atom. The minimum Gasteiger partial charge on any atom is -0.466 e. The van der Waals surface area contributed by atoms with Crippen LogP contribution < -0.4 is 0 Å². The fourth-order valence-corrected chi connectivity index (χ4v) is 1.93. The van der Waals surface area contributed by atoms with Crippen LogP contribution in [0.3, 0.4) is 0 Å². The Morgan fingerprint density at radius 3 is 2.44 bits per heavy atom. The van der Waals surface area contributed by atoms with Crippen molar-refractivity contribution >= 4 is 39.3 Å². The molecule has 0 amide bonds. The van der Waals surface area contributed by atoms with Crippen molar-refractivity contribution in [1.29, 1.82) is 0 Å². The largest absolute Gasteiger partial charge is 0.466 e. The molecule has 1 rings (SSSR count). The minimum atomic E-state index is -0.579. The number of Topliss-reactive ketones (excluding diaryl/α,β-unsaturated/α-hetero) is 1. The van der Waals surface area contributed by atoms with E-state index in [1.54, 1.807) is 19.1 Å². The zero-order valence-corrected chi connectivity index (χ0v) is 12.3. The molecule has 0 saturated carbocycles. The van der Waals surface area contributed by atoms with E-state index < -0.39 is 11.9 Å². The van der Waals surface area contributed by atoms with Crippen molar-refractivity contribution in [2.24, 2.45) is 0 Å². The quantitative estimate of drug-likeness (QED) is 0.592. The lowest BCUT2D eigenvalue weighted by molar-refractivity contribution is -0.146.